The Bertz CT molecular complexity index is 708. The fourth-order valence-electron chi connectivity index (χ4n) is 1.94. The molecule has 0 bridgehead atoms. The summed E-state index contributed by atoms with van der Waals surface area (Å²) in [5.41, 5.74) is 1.62. The van der Waals surface area contributed by atoms with Gasteiger partial charge in [-0.15, -0.1) is 13.2 Å². The van der Waals surface area contributed by atoms with E-state index in [-0.39, 0.29) is 11.3 Å². The fraction of sp³-hybridized carbons (Fsp3) is 0.0667. The number of nitrogens with one attached hydrogen (secondary N) is 1. The molecule has 0 heterocycles. The number of benzene rings is 2. The maximum absolute atomic E-state index is 13.3. The van der Waals surface area contributed by atoms with Gasteiger partial charge >= 0.3 is 12.3 Å². The lowest BCUT2D eigenvalue weighted by Crippen LogP contribution is -2.58. The Morgan fingerprint density at radius 3 is 1.88 bits per heavy atom. The maximum Gasteiger partial charge on any atom is 0.495 e. The molecule has 0 aliphatic carbocycles. The van der Waals surface area contributed by atoms with Crippen molar-refractivity contribution in [3.8, 4) is 0 Å². The van der Waals surface area contributed by atoms with Crippen LogP contribution in [0.2, 0.25) is 0 Å². The van der Waals surface area contributed by atoms with E-state index in [0.29, 0.717) is 5.01 Å². The number of hydrazine groups is 2. The standard InChI is InChI=1S/C15H13F3N4O2/c16-15(17,18)21(13(23)11-7-3-1-4-8-11)14(24)22(20-19)12-9-5-2-6-10-12/h1-10,20H,19H2. The Kier molecular flexibility index (Phi) is 5.17. The average Bonchev–Trinajstić information content (AvgIpc) is 2.56. The van der Waals surface area contributed by atoms with Crippen LogP contribution in [0.5, 0.6) is 0 Å². The molecule has 0 unspecified atom stereocenters. The monoisotopic (exact) mass is 338 g/mol. The SMILES string of the molecule is NNN(C(=O)N(C(=O)c1ccccc1)C(F)(F)F)c1ccccc1. The lowest BCUT2D eigenvalue weighted by Gasteiger charge is -2.29. The maximum atomic E-state index is 13.3. The van der Waals surface area contributed by atoms with E-state index in [1.807, 2.05) is 5.53 Å². The summed E-state index contributed by atoms with van der Waals surface area (Å²) in [5, 5.41) is 0.425. The number of carbonyl (C=O) groups is 2. The van der Waals surface area contributed by atoms with Gasteiger partial charge in [0.2, 0.25) is 0 Å². The molecule has 3 amide bonds. The summed E-state index contributed by atoms with van der Waals surface area (Å²) in [6.45, 7) is 0. The van der Waals surface area contributed by atoms with Crippen LogP contribution in [-0.2, 0) is 0 Å². The zero-order chi connectivity index (χ0) is 17.7. The minimum absolute atomic E-state index is 0.0418. The van der Waals surface area contributed by atoms with Crippen LogP contribution in [0.1, 0.15) is 10.4 Å². The van der Waals surface area contributed by atoms with E-state index in [2.05, 4.69) is 0 Å². The molecule has 0 aliphatic heterocycles. The predicted molar refractivity (Wildman–Crippen MR) is 80.3 cm³/mol. The van der Waals surface area contributed by atoms with Crippen LogP contribution in [0.4, 0.5) is 23.7 Å². The second-order valence-electron chi connectivity index (χ2n) is 4.56. The van der Waals surface area contributed by atoms with E-state index in [1.165, 1.54) is 54.6 Å². The van der Waals surface area contributed by atoms with Gasteiger partial charge in [-0.1, -0.05) is 36.4 Å². The number of alkyl halides is 3. The van der Waals surface area contributed by atoms with Crippen molar-refractivity contribution in [2.24, 2.45) is 5.84 Å². The molecule has 0 spiro atoms. The van der Waals surface area contributed by atoms with Crippen molar-refractivity contribution in [2.75, 3.05) is 5.01 Å². The lowest BCUT2D eigenvalue weighted by atomic mass is 10.2. The number of halogens is 3. The summed E-state index contributed by atoms with van der Waals surface area (Å²) in [5.74, 6) is 3.67. The molecule has 2 rings (SSSR count). The lowest BCUT2D eigenvalue weighted by molar-refractivity contribution is -0.204. The van der Waals surface area contributed by atoms with Gasteiger partial charge in [-0.05, 0) is 24.3 Å². The van der Waals surface area contributed by atoms with Crippen molar-refractivity contribution in [3.63, 3.8) is 0 Å². The Labute approximate surface area is 135 Å². The molecule has 126 valence electrons. The number of nitrogens with zero attached hydrogens (tertiary/aromatic N) is 2. The number of rotatable bonds is 3. The zero-order valence-corrected chi connectivity index (χ0v) is 12.2. The first-order valence-corrected chi connectivity index (χ1v) is 6.68. The van der Waals surface area contributed by atoms with Gasteiger partial charge in [0.25, 0.3) is 5.91 Å². The Morgan fingerprint density at radius 1 is 0.917 bits per heavy atom. The van der Waals surface area contributed by atoms with E-state index in [1.54, 1.807) is 6.07 Å². The molecule has 6 nitrogen and oxygen atoms in total. The Morgan fingerprint density at radius 2 is 1.42 bits per heavy atom. The molecule has 24 heavy (non-hydrogen) atoms. The van der Waals surface area contributed by atoms with E-state index in [0.717, 1.165) is 0 Å². The average molecular weight is 338 g/mol. The zero-order valence-electron chi connectivity index (χ0n) is 12.2. The second-order valence-corrected chi connectivity index (χ2v) is 4.56. The Hall–Kier alpha value is -2.91. The third-order valence-corrected chi connectivity index (χ3v) is 3.00. The minimum Gasteiger partial charge on any atom is -0.268 e. The highest BCUT2D eigenvalue weighted by atomic mass is 19.4. The number of para-hydroxylation sites is 1. The van der Waals surface area contributed by atoms with E-state index < -0.39 is 23.1 Å². The van der Waals surface area contributed by atoms with Crippen molar-refractivity contribution in [1.82, 2.24) is 10.4 Å². The fourth-order valence-corrected chi connectivity index (χ4v) is 1.94. The molecule has 0 fully saturated rings. The molecule has 0 saturated heterocycles. The van der Waals surface area contributed by atoms with E-state index >= 15 is 0 Å². The van der Waals surface area contributed by atoms with Crippen LogP contribution in [0.15, 0.2) is 60.7 Å². The highest BCUT2D eigenvalue weighted by molar-refractivity contribution is 6.08. The number of nitrogens with two attached hydrogens (primary N) is 1. The predicted octanol–water partition coefficient (Wildman–Crippen LogP) is 2.65. The molecule has 0 radical (unpaired) electrons. The molecule has 2 aromatic rings. The topological polar surface area (TPSA) is 78.7 Å². The molecular formula is C15H13F3N4O2. The number of hydrogen-bond acceptors (Lipinski definition) is 4. The Balaban J connectivity index is 2.41. The van der Waals surface area contributed by atoms with Gasteiger partial charge in [0, 0.05) is 5.56 Å². The van der Waals surface area contributed by atoms with Gasteiger partial charge in [0.15, 0.2) is 0 Å². The molecule has 0 aromatic heterocycles. The minimum atomic E-state index is -5.23. The van der Waals surface area contributed by atoms with Crippen LogP contribution >= 0.6 is 0 Å². The van der Waals surface area contributed by atoms with Crippen molar-refractivity contribution in [3.05, 3.63) is 66.2 Å². The number of imide groups is 1. The smallest absolute Gasteiger partial charge is 0.268 e. The number of carbonyl (C=O) groups excluding carboxylic acids is 2. The molecular weight excluding hydrogens is 325 g/mol. The molecule has 3 N–H and O–H groups in total. The summed E-state index contributed by atoms with van der Waals surface area (Å²) in [6, 6.07) is 12.3. The summed E-state index contributed by atoms with van der Waals surface area (Å²) in [7, 11) is 0. The normalized spacial score (nSPS) is 11.0. The van der Waals surface area contributed by atoms with Crippen LogP contribution in [0.25, 0.3) is 0 Å². The number of hydrogen-bond donors (Lipinski definition) is 2. The summed E-state index contributed by atoms with van der Waals surface area (Å²) >= 11 is 0. The third-order valence-electron chi connectivity index (χ3n) is 3.00. The van der Waals surface area contributed by atoms with Gasteiger partial charge < -0.3 is 0 Å². The molecule has 2 aromatic carbocycles. The first kappa shape index (κ1) is 17.4. The van der Waals surface area contributed by atoms with Crippen molar-refractivity contribution < 1.29 is 22.8 Å². The largest absolute Gasteiger partial charge is 0.495 e. The third kappa shape index (κ3) is 3.70. The van der Waals surface area contributed by atoms with E-state index in [4.69, 9.17) is 5.84 Å². The van der Waals surface area contributed by atoms with Crippen molar-refractivity contribution >= 4 is 17.6 Å². The molecule has 0 atom stereocenters. The van der Waals surface area contributed by atoms with Crippen molar-refractivity contribution in [2.45, 2.75) is 6.30 Å². The van der Waals surface area contributed by atoms with Crippen LogP contribution in [0, 0.1) is 0 Å². The van der Waals surface area contributed by atoms with Gasteiger partial charge in [-0.2, -0.15) is 10.4 Å². The molecule has 0 aliphatic rings. The number of urea groups is 1. The van der Waals surface area contributed by atoms with Crippen LogP contribution in [0.3, 0.4) is 0 Å². The summed E-state index contributed by atoms with van der Waals surface area (Å²) < 4.78 is 39.9. The summed E-state index contributed by atoms with van der Waals surface area (Å²) in [4.78, 5) is 23.7. The first-order valence-electron chi connectivity index (χ1n) is 6.68. The first-order chi connectivity index (χ1) is 11.4. The van der Waals surface area contributed by atoms with Crippen LogP contribution in [-0.4, -0.2) is 23.1 Å². The molecule has 0 saturated carbocycles. The van der Waals surface area contributed by atoms with Crippen molar-refractivity contribution in [1.29, 1.82) is 0 Å². The second kappa shape index (κ2) is 7.11. The highest BCUT2D eigenvalue weighted by Crippen LogP contribution is 2.26. The van der Waals surface area contributed by atoms with Gasteiger partial charge in [0.1, 0.15) is 0 Å². The van der Waals surface area contributed by atoms with Gasteiger partial charge in [-0.3, -0.25) is 10.6 Å². The highest BCUT2D eigenvalue weighted by Gasteiger charge is 2.48. The molecule has 9 heteroatoms. The van der Waals surface area contributed by atoms with Gasteiger partial charge in [0.05, 0.1) is 5.69 Å². The van der Waals surface area contributed by atoms with Crippen LogP contribution < -0.4 is 16.4 Å². The quantitative estimate of drug-likeness (QED) is 0.512. The van der Waals surface area contributed by atoms with Gasteiger partial charge in [-0.25, -0.2) is 9.80 Å². The summed E-state index contributed by atoms with van der Waals surface area (Å²) in [6.07, 6.45) is -5.23. The van der Waals surface area contributed by atoms with E-state index in [9.17, 15) is 22.8 Å². The number of amides is 3. The number of anilines is 1.